The third kappa shape index (κ3) is 2.94. The van der Waals surface area contributed by atoms with E-state index >= 15 is 0 Å². The van der Waals surface area contributed by atoms with Crippen molar-refractivity contribution >= 4 is 5.91 Å². The van der Waals surface area contributed by atoms with Crippen molar-refractivity contribution in [1.82, 2.24) is 4.90 Å². The smallest absolute Gasteiger partial charge is 0.221 e. The number of amides is 1. The molecule has 1 fully saturated rings. The summed E-state index contributed by atoms with van der Waals surface area (Å²) in [5.41, 5.74) is 5.18. The van der Waals surface area contributed by atoms with Crippen LogP contribution in [0.5, 0.6) is 0 Å². The molecule has 2 atom stereocenters. The maximum absolute atomic E-state index is 10.9. The minimum Gasteiger partial charge on any atom is -0.395 e. The fraction of sp³-hybridized carbons (Fsp3) is 0.889. The molecule has 1 heterocycles. The van der Waals surface area contributed by atoms with Crippen LogP contribution in [0.1, 0.15) is 6.92 Å². The molecule has 0 aliphatic carbocycles. The van der Waals surface area contributed by atoms with Gasteiger partial charge in [-0.3, -0.25) is 9.69 Å². The second-order valence-electron chi connectivity index (χ2n) is 3.71. The number of rotatable bonds is 4. The van der Waals surface area contributed by atoms with E-state index in [2.05, 4.69) is 4.90 Å². The van der Waals surface area contributed by atoms with Gasteiger partial charge in [0, 0.05) is 19.0 Å². The number of carbonyl (C=O) groups is 1. The first-order chi connectivity index (χ1) is 6.65. The van der Waals surface area contributed by atoms with Gasteiger partial charge >= 0.3 is 0 Å². The molecule has 5 heteroatoms. The van der Waals surface area contributed by atoms with Crippen molar-refractivity contribution < 1.29 is 14.6 Å². The number of morpholine rings is 1. The van der Waals surface area contributed by atoms with Crippen molar-refractivity contribution in [3.63, 3.8) is 0 Å². The normalized spacial score (nSPS) is 26.0. The summed E-state index contributed by atoms with van der Waals surface area (Å²) in [5, 5.41) is 9.08. The summed E-state index contributed by atoms with van der Waals surface area (Å²) >= 11 is 0. The average Bonchev–Trinajstić information content (AvgIpc) is 2.18. The topological polar surface area (TPSA) is 75.8 Å². The van der Waals surface area contributed by atoms with Gasteiger partial charge in [-0.1, -0.05) is 6.92 Å². The monoisotopic (exact) mass is 202 g/mol. The summed E-state index contributed by atoms with van der Waals surface area (Å²) in [6, 6.07) is 0.00514. The molecule has 0 radical (unpaired) electrons. The van der Waals surface area contributed by atoms with Crippen LogP contribution in [-0.4, -0.2) is 54.9 Å². The van der Waals surface area contributed by atoms with Crippen molar-refractivity contribution in [2.24, 2.45) is 11.7 Å². The Bertz CT molecular complexity index is 198. The summed E-state index contributed by atoms with van der Waals surface area (Å²) in [6.45, 7) is 4.40. The van der Waals surface area contributed by atoms with Crippen LogP contribution < -0.4 is 5.73 Å². The van der Waals surface area contributed by atoms with Gasteiger partial charge in [0.05, 0.1) is 25.9 Å². The number of nitrogens with two attached hydrogens (primary N) is 1. The lowest BCUT2D eigenvalue weighted by molar-refractivity contribution is -0.123. The second-order valence-corrected chi connectivity index (χ2v) is 3.71. The highest BCUT2D eigenvalue weighted by Crippen LogP contribution is 2.09. The number of aliphatic hydroxyl groups excluding tert-OH is 1. The fourth-order valence-electron chi connectivity index (χ4n) is 1.54. The van der Waals surface area contributed by atoms with Crippen molar-refractivity contribution in [3.8, 4) is 0 Å². The molecule has 1 aliphatic heterocycles. The van der Waals surface area contributed by atoms with Crippen LogP contribution in [0, 0.1) is 5.92 Å². The van der Waals surface area contributed by atoms with E-state index in [0.717, 1.165) is 6.54 Å². The quantitative estimate of drug-likeness (QED) is 0.600. The van der Waals surface area contributed by atoms with Gasteiger partial charge < -0.3 is 15.6 Å². The Labute approximate surface area is 83.8 Å². The Morgan fingerprint density at radius 3 is 3.07 bits per heavy atom. The predicted molar refractivity (Wildman–Crippen MR) is 51.6 cm³/mol. The van der Waals surface area contributed by atoms with Crippen molar-refractivity contribution in [3.05, 3.63) is 0 Å². The van der Waals surface area contributed by atoms with Crippen LogP contribution in [0.3, 0.4) is 0 Å². The number of ether oxygens (including phenoxy) is 1. The minimum atomic E-state index is -0.298. The highest BCUT2D eigenvalue weighted by Gasteiger charge is 2.24. The lowest BCUT2D eigenvalue weighted by Gasteiger charge is -2.35. The van der Waals surface area contributed by atoms with Gasteiger partial charge in [0.1, 0.15) is 0 Å². The lowest BCUT2D eigenvalue weighted by Crippen LogP contribution is -2.50. The molecule has 0 aromatic rings. The first kappa shape index (κ1) is 11.4. The van der Waals surface area contributed by atoms with Gasteiger partial charge in [-0.2, -0.15) is 0 Å². The molecule has 1 aliphatic rings. The predicted octanol–water partition coefficient (Wildman–Crippen LogP) is -1.20. The molecule has 5 nitrogen and oxygen atoms in total. The molecule has 0 saturated carbocycles. The van der Waals surface area contributed by atoms with E-state index < -0.39 is 0 Å². The van der Waals surface area contributed by atoms with Crippen LogP contribution in [-0.2, 0) is 9.53 Å². The molecule has 3 N–H and O–H groups in total. The van der Waals surface area contributed by atoms with Gasteiger partial charge in [-0.25, -0.2) is 0 Å². The number of nitrogens with zero attached hydrogens (tertiary/aromatic N) is 1. The Hall–Kier alpha value is -0.650. The maximum atomic E-state index is 10.9. The zero-order valence-corrected chi connectivity index (χ0v) is 8.48. The summed E-state index contributed by atoms with van der Waals surface area (Å²) in [5.74, 6) is -0.477. The van der Waals surface area contributed by atoms with Gasteiger partial charge in [-0.05, 0) is 0 Å². The largest absolute Gasteiger partial charge is 0.395 e. The van der Waals surface area contributed by atoms with Gasteiger partial charge in [0.25, 0.3) is 0 Å². The van der Waals surface area contributed by atoms with E-state index in [1.54, 1.807) is 6.92 Å². The standard InChI is InChI=1S/C9H18N2O3/c1-7(9(10)13)4-11-2-3-14-6-8(11)5-12/h7-8,12H,2-6H2,1H3,(H2,10,13). The van der Waals surface area contributed by atoms with Crippen LogP contribution in [0.25, 0.3) is 0 Å². The molecule has 2 unspecified atom stereocenters. The molecule has 14 heavy (non-hydrogen) atoms. The van der Waals surface area contributed by atoms with E-state index in [0.29, 0.717) is 19.8 Å². The molecule has 1 saturated heterocycles. The Balaban J connectivity index is 2.44. The number of primary amides is 1. The number of carbonyl (C=O) groups excluding carboxylic acids is 1. The van der Waals surface area contributed by atoms with Crippen molar-refractivity contribution in [1.29, 1.82) is 0 Å². The lowest BCUT2D eigenvalue weighted by atomic mass is 10.1. The highest BCUT2D eigenvalue weighted by atomic mass is 16.5. The van der Waals surface area contributed by atoms with Crippen LogP contribution in [0.2, 0.25) is 0 Å². The molecule has 1 amide bonds. The molecule has 82 valence electrons. The van der Waals surface area contributed by atoms with Crippen molar-refractivity contribution in [2.45, 2.75) is 13.0 Å². The van der Waals surface area contributed by atoms with Gasteiger partial charge in [0.2, 0.25) is 5.91 Å². The van der Waals surface area contributed by atoms with Crippen LogP contribution in [0.4, 0.5) is 0 Å². The maximum Gasteiger partial charge on any atom is 0.221 e. The Morgan fingerprint density at radius 2 is 2.50 bits per heavy atom. The fourth-order valence-corrected chi connectivity index (χ4v) is 1.54. The van der Waals surface area contributed by atoms with E-state index in [9.17, 15) is 4.79 Å². The van der Waals surface area contributed by atoms with Crippen LogP contribution >= 0.6 is 0 Å². The summed E-state index contributed by atoms with van der Waals surface area (Å²) in [4.78, 5) is 12.9. The minimum absolute atomic E-state index is 0.00514. The Kier molecular flexibility index (Phi) is 4.31. The summed E-state index contributed by atoms with van der Waals surface area (Å²) in [7, 11) is 0. The van der Waals surface area contributed by atoms with E-state index in [-0.39, 0.29) is 24.5 Å². The summed E-state index contributed by atoms with van der Waals surface area (Å²) < 4.78 is 5.23. The van der Waals surface area contributed by atoms with Crippen molar-refractivity contribution in [2.75, 3.05) is 32.9 Å². The first-order valence-electron chi connectivity index (χ1n) is 4.87. The molecule has 0 spiro atoms. The van der Waals surface area contributed by atoms with Gasteiger partial charge in [0.15, 0.2) is 0 Å². The van der Waals surface area contributed by atoms with E-state index in [1.165, 1.54) is 0 Å². The summed E-state index contributed by atoms with van der Waals surface area (Å²) in [6.07, 6.45) is 0. The second kappa shape index (κ2) is 5.29. The molecule has 0 bridgehead atoms. The zero-order chi connectivity index (χ0) is 10.6. The van der Waals surface area contributed by atoms with E-state index in [4.69, 9.17) is 15.6 Å². The third-order valence-electron chi connectivity index (χ3n) is 2.55. The SMILES string of the molecule is CC(CN1CCOCC1CO)C(N)=O. The average molecular weight is 202 g/mol. The zero-order valence-electron chi connectivity index (χ0n) is 8.48. The van der Waals surface area contributed by atoms with Gasteiger partial charge in [-0.15, -0.1) is 0 Å². The number of hydrogen-bond donors (Lipinski definition) is 2. The molecule has 0 aromatic carbocycles. The highest BCUT2D eigenvalue weighted by molar-refractivity contribution is 5.76. The number of aliphatic hydroxyl groups is 1. The first-order valence-corrected chi connectivity index (χ1v) is 4.87. The molecular formula is C9H18N2O3. The molecule has 0 aromatic heterocycles. The molecular weight excluding hydrogens is 184 g/mol. The molecule has 1 rings (SSSR count). The number of hydrogen-bond acceptors (Lipinski definition) is 4. The van der Waals surface area contributed by atoms with E-state index in [1.807, 2.05) is 0 Å². The third-order valence-corrected chi connectivity index (χ3v) is 2.55. The Morgan fingerprint density at radius 1 is 1.79 bits per heavy atom. The van der Waals surface area contributed by atoms with Crippen LogP contribution in [0.15, 0.2) is 0 Å².